The molecule has 1 aromatic heterocycles. The molecule has 0 bridgehead atoms. The molecule has 2 rings (SSSR count). The predicted octanol–water partition coefficient (Wildman–Crippen LogP) is 1.57. The fourth-order valence-corrected chi connectivity index (χ4v) is 1.33. The molecule has 0 radical (unpaired) electrons. The van der Waals surface area contributed by atoms with Gasteiger partial charge in [0.1, 0.15) is 5.69 Å². The first-order chi connectivity index (χ1) is 7.79. The Balaban J connectivity index is 1.94. The van der Waals surface area contributed by atoms with Gasteiger partial charge in [-0.25, -0.2) is 4.98 Å². The molecule has 1 aliphatic rings. The molecule has 0 unspecified atom stereocenters. The van der Waals surface area contributed by atoms with Gasteiger partial charge in [-0.2, -0.15) is 0 Å². The summed E-state index contributed by atoms with van der Waals surface area (Å²) in [6.45, 7) is 4.00. The lowest BCUT2D eigenvalue weighted by atomic mass is 10.3. The van der Waals surface area contributed by atoms with Gasteiger partial charge in [-0.05, 0) is 25.0 Å². The largest absolute Gasteiger partial charge is 0.381 e. The first-order valence-electron chi connectivity index (χ1n) is 5.41. The Hall–Kier alpha value is -1.84. The van der Waals surface area contributed by atoms with Gasteiger partial charge in [-0.1, -0.05) is 6.08 Å². The predicted molar refractivity (Wildman–Crippen MR) is 63.4 cm³/mol. The molecular formula is C12H15N3O. The highest BCUT2D eigenvalue weighted by molar-refractivity contribution is 5.92. The number of pyridine rings is 1. The quantitative estimate of drug-likeness (QED) is 0.736. The van der Waals surface area contributed by atoms with Crippen molar-refractivity contribution in [2.75, 3.05) is 11.9 Å². The van der Waals surface area contributed by atoms with E-state index >= 15 is 0 Å². The van der Waals surface area contributed by atoms with Gasteiger partial charge in [0.05, 0.1) is 11.9 Å². The van der Waals surface area contributed by atoms with Crippen molar-refractivity contribution in [2.24, 2.45) is 0 Å². The Morgan fingerprint density at radius 2 is 2.38 bits per heavy atom. The zero-order chi connectivity index (χ0) is 11.4. The number of amides is 1. The van der Waals surface area contributed by atoms with Gasteiger partial charge in [-0.15, -0.1) is 6.58 Å². The van der Waals surface area contributed by atoms with Gasteiger partial charge in [-0.3, -0.25) is 4.79 Å². The molecule has 0 atom stereocenters. The number of nitrogens with zero attached hydrogens (tertiary/aromatic N) is 1. The van der Waals surface area contributed by atoms with Crippen LogP contribution in [0.15, 0.2) is 31.0 Å². The zero-order valence-electron chi connectivity index (χ0n) is 9.07. The average Bonchev–Trinajstić information content (AvgIpc) is 3.11. The molecule has 1 aromatic rings. The van der Waals surface area contributed by atoms with Crippen molar-refractivity contribution >= 4 is 11.6 Å². The lowest BCUT2D eigenvalue weighted by Gasteiger charge is -2.05. The maximum absolute atomic E-state index is 11.5. The molecular weight excluding hydrogens is 202 g/mol. The molecule has 0 saturated heterocycles. The topological polar surface area (TPSA) is 54.0 Å². The van der Waals surface area contributed by atoms with Gasteiger partial charge in [0.15, 0.2) is 0 Å². The van der Waals surface area contributed by atoms with Crippen LogP contribution in [0.3, 0.4) is 0 Å². The van der Waals surface area contributed by atoms with Crippen LogP contribution in [0.25, 0.3) is 0 Å². The summed E-state index contributed by atoms with van der Waals surface area (Å²) in [7, 11) is 0. The summed E-state index contributed by atoms with van der Waals surface area (Å²) in [5, 5.41) is 6.00. The third-order valence-electron chi connectivity index (χ3n) is 2.35. The molecule has 16 heavy (non-hydrogen) atoms. The highest BCUT2D eigenvalue weighted by Gasteiger charge is 2.20. The van der Waals surface area contributed by atoms with Gasteiger partial charge in [0.2, 0.25) is 0 Å². The average molecular weight is 217 g/mol. The summed E-state index contributed by atoms with van der Waals surface area (Å²) < 4.78 is 0. The van der Waals surface area contributed by atoms with Gasteiger partial charge in [0, 0.05) is 12.6 Å². The van der Waals surface area contributed by atoms with E-state index in [9.17, 15) is 4.79 Å². The van der Waals surface area contributed by atoms with Crippen LogP contribution >= 0.6 is 0 Å². The van der Waals surface area contributed by atoms with Crippen LogP contribution in [0.5, 0.6) is 0 Å². The zero-order valence-corrected chi connectivity index (χ0v) is 9.07. The van der Waals surface area contributed by atoms with E-state index in [1.807, 2.05) is 6.07 Å². The molecule has 1 saturated carbocycles. The third-order valence-corrected chi connectivity index (χ3v) is 2.35. The van der Waals surface area contributed by atoms with Crippen molar-refractivity contribution in [3.63, 3.8) is 0 Å². The highest BCUT2D eigenvalue weighted by Crippen LogP contribution is 2.24. The van der Waals surface area contributed by atoms with E-state index in [4.69, 9.17) is 0 Å². The Kier molecular flexibility index (Phi) is 3.19. The van der Waals surface area contributed by atoms with Crippen LogP contribution in [0.1, 0.15) is 23.3 Å². The van der Waals surface area contributed by atoms with Crippen LogP contribution in [-0.4, -0.2) is 23.5 Å². The van der Waals surface area contributed by atoms with Crippen LogP contribution in [0.2, 0.25) is 0 Å². The minimum atomic E-state index is -0.169. The lowest BCUT2D eigenvalue weighted by molar-refractivity contribution is 0.0953. The smallest absolute Gasteiger partial charge is 0.270 e. The number of carbonyl (C=O) groups excluding carboxylic acids is 1. The number of nitrogens with one attached hydrogen (secondary N) is 2. The Morgan fingerprint density at radius 1 is 1.56 bits per heavy atom. The highest BCUT2D eigenvalue weighted by atomic mass is 16.1. The number of hydrogen-bond donors (Lipinski definition) is 2. The molecule has 4 nitrogen and oxygen atoms in total. The van der Waals surface area contributed by atoms with Crippen LogP contribution in [0.4, 0.5) is 5.69 Å². The molecule has 1 aliphatic carbocycles. The Morgan fingerprint density at radius 3 is 2.94 bits per heavy atom. The normalized spacial score (nSPS) is 14.2. The fourth-order valence-electron chi connectivity index (χ4n) is 1.33. The number of carbonyl (C=O) groups is 1. The number of aromatic nitrogens is 1. The van der Waals surface area contributed by atoms with E-state index < -0.39 is 0 Å². The fraction of sp³-hybridized carbons (Fsp3) is 0.333. The summed E-state index contributed by atoms with van der Waals surface area (Å²) in [5.74, 6) is -0.169. The molecule has 2 N–H and O–H groups in total. The molecule has 1 heterocycles. The molecule has 0 aliphatic heterocycles. The first-order valence-corrected chi connectivity index (χ1v) is 5.41. The third kappa shape index (κ3) is 2.82. The molecule has 1 fully saturated rings. The maximum atomic E-state index is 11.5. The molecule has 4 heteroatoms. The number of hydrogen-bond acceptors (Lipinski definition) is 3. The molecule has 84 valence electrons. The summed E-state index contributed by atoms with van der Waals surface area (Å²) in [5.41, 5.74) is 1.41. The minimum Gasteiger partial charge on any atom is -0.381 e. The second-order valence-electron chi connectivity index (χ2n) is 3.85. The second-order valence-corrected chi connectivity index (χ2v) is 3.85. The van der Waals surface area contributed by atoms with Crippen LogP contribution in [-0.2, 0) is 0 Å². The summed E-state index contributed by atoms with van der Waals surface area (Å²) in [4.78, 5) is 15.6. The SMILES string of the molecule is C=CCNC(=O)c1ccc(NC2CC2)cn1. The van der Waals surface area contributed by atoms with E-state index in [2.05, 4.69) is 22.2 Å². The van der Waals surface area contributed by atoms with Crippen molar-refractivity contribution in [2.45, 2.75) is 18.9 Å². The van der Waals surface area contributed by atoms with E-state index in [0.717, 1.165) is 5.69 Å². The minimum absolute atomic E-state index is 0.169. The van der Waals surface area contributed by atoms with Crippen molar-refractivity contribution < 1.29 is 4.79 Å². The summed E-state index contributed by atoms with van der Waals surface area (Å²) in [6, 6.07) is 4.21. The number of anilines is 1. The van der Waals surface area contributed by atoms with Gasteiger partial charge in [0.25, 0.3) is 5.91 Å². The second kappa shape index (κ2) is 4.79. The molecule has 1 amide bonds. The number of rotatable bonds is 5. The van der Waals surface area contributed by atoms with Crippen molar-refractivity contribution in [1.82, 2.24) is 10.3 Å². The molecule has 0 spiro atoms. The first kappa shape index (κ1) is 10.7. The van der Waals surface area contributed by atoms with E-state index in [1.54, 1.807) is 18.3 Å². The maximum Gasteiger partial charge on any atom is 0.270 e. The van der Waals surface area contributed by atoms with Gasteiger partial charge < -0.3 is 10.6 Å². The monoisotopic (exact) mass is 217 g/mol. The van der Waals surface area contributed by atoms with Gasteiger partial charge >= 0.3 is 0 Å². The van der Waals surface area contributed by atoms with Crippen molar-refractivity contribution in [1.29, 1.82) is 0 Å². The van der Waals surface area contributed by atoms with E-state index in [1.165, 1.54) is 12.8 Å². The Labute approximate surface area is 94.8 Å². The van der Waals surface area contributed by atoms with Crippen LogP contribution in [0, 0.1) is 0 Å². The lowest BCUT2D eigenvalue weighted by Crippen LogP contribution is -2.24. The van der Waals surface area contributed by atoms with Crippen molar-refractivity contribution in [3.05, 3.63) is 36.7 Å². The summed E-state index contributed by atoms with van der Waals surface area (Å²) >= 11 is 0. The summed E-state index contributed by atoms with van der Waals surface area (Å²) in [6.07, 6.45) is 5.78. The standard InChI is InChI=1S/C12H15N3O/c1-2-7-13-12(16)11-6-5-10(8-14-11)15-9-3-4-9/h2,5-6,8-9,15H,1,3-4,7H2,(H,13,16). The van der Waals surface area contributed by atoms with Crippen LogP contribution < -0.4 is 10.6 Å². The van der Waals surface area contributed by atoms with E-state index in [-0.39, 0.29) is 5.91 Å². The van der Waals surface area contributed by atoms with E-state index in [0.29, 0.717) is 18.3 Å². The van der Waals surface area contributed by atoms with Crippen molar-refractivity contribution in [3.8, 4) is 0 Å². The Bertz CT molecular complexity index is 382. The molecule has 0 aromatic carbocycles.